The molecule has 4 aromatic heterocycles. The van der Waals surface area contributed by atoms with Crippen molar-refractivity contribution < 1.29 is 37.9 Å². The number of hydrogen-bond donors (Lipinski definition) is 0. The summed E-state index contributed by atoms with van der Waals surface area (Å²) >= 11 is 4.38. The van der Waals surface area contributed by atoms with Gasteiger partial charge in [0.2, 0.25) is 0 Å². The lowest BCUT2D eigenvalue weighted by Crippen LogP contribution is -2.49. The minimum atomic E-state index is 0.332. The lowest BCUT2D eigenvalue weighted by molar-refractivity contribution is 0.0369. The molecule has 74 heavy (non-hydrogen) atoms. The number of thioether (sulfide) groups is 2. The van der Waals surface area contributed by atoms with Crippen LogP contribution in [0.3, 0.4) is 0 Å². The summed E-state index contributed by atoms with van der Waals surface area (Å²) < 4.78 is 56.8. The third kappa shape index (κ3) is 15.1. The van der Waals surface area contributed by atoms with Gasteiger partial charge in [0.25, 0.3) is 0 Å². The molecule has 5 heterocycles. The van der Waals surface area contributed by atoms with Gasteiger partial charge in [-0.2, -0.15) is 0 Å². The Bertz CT molecular complexity index is 2080. The van der Waals surface area contributed by atoms with E-state index in [4.69, 9.17) is 37.9 Å². The normalized spacial score (nSPS) is 34.1. The van der Waals surface area contributed by atoms with Gasteiger partial charge in [-0.3, -0.25) is 0 Å². The number of nitrogens with zero attached hydrogens (tertiary/aromatic N) is 12. The molecule has 0 amide bonds. The van der Waals surface area contributed by atoms with Crippen LogP contribution in [0.4, 0.5) is 0 Å². The SMILES string of the molecule is c1c2nnn1CCOCCOCCn1cc(nn1)COCC(SC13CC4CC(CC(C4)C1)C3)CCOCc1cn(nn1)CCOCCOCCn1cc(nn1)COCC(SC13CC4CC(CC(C4)C1)C3)CCOC2. The third-order valence-electron chi connectivity index (χ3n) is 16.5. The zero-order valence-corrected chi connectivity index (χ0v) is 45.1. The van der Waals surface area contributed by atoms with E-state index in [0.717, 1.165) is 71.1 Å². The van der Waals surface area contributed by atoms with Gasteiger partial charge >= 0.3 is 0 Å². The van der Waals surface area contributed by atoms with E-state index >= 15 is 0 Å². The first-order chi connectivity index (χ1) is 36.4. The number of hydrogen-bond acceptors (Lipinski definition) is 18. The minimum absolute atomic E-state index is 0.332. The maximum absolute atomic E-state index is 6.39. The zero-order chi connectivity index (χ0) is 49.8. The van der Waals surface area contributed by atoms with E-state index < -0.39 is 0 Å². The zero-order valence-electron chi connectivity index (χ0n) is 43.4. The molecule has 2 atom stereocenters. The Morgan fingerprint density at radius 2 is 0.635 bits per heavy atom. The monoisotopic (exact) mass is 1060 g/mol. The quantitative estimate of drug-likeness (QED) is 0.223. The molecule has 4 aromatic rings. The van der Waals surface area contributed by atoms with Crippen molar-refractivity contribution in [1.82, 2.24) is 60.0 Å². The highest BCUT2D eigenvalue weighted by Gasteiger charge is 2.53. The first-order valence-corrected chi connectivity index (χ1v) is 29.7. The van der Waals surface area contributed by atoms with E-state index in [0.29, 0.717) is 152 Å². The number of ether oxygens (including phenoxy) is 8. The fourth-order valence-electron chi connectivity index (χ4n) is 14.1. The van der Waals surface area contributed by atoms with Crippen LogP contribution in [0, 0.1) is 35.5 Å². The number of aromatic nitrogens is 12. The van der Waals surface area contributed by atoms with Crippen LogP contribution in [0.1, 0.15) is 113 Å². The molecule has 0 spiro atoms. The average Bonchev–Trinajstić information content (AvgIpc) is 4.22. The molecule has 8 fully saturated rings. The Balaban J connectivity index is 0.651. The summed E-state index contributed by atoms with van der Waals surface area (Å²) in [4.78, 5) is 0. The molecule has 20 nitrogen and oxygen atoms in total. The van der Waals surface area contributed by atoms with Crippen molar-refractivity contribution in [2.45, 2.75) is 162 Å². The fraction of sp³-hybridized carbons (Fsp3) is 0.846. The molecule has 0 N–H and O–H groups in total. The molecule has 2 unspecified atom stereocenters. The summed E-state index contributed by atoms with van der Waals surface area (Å²) in [5.41, 5.74) is 3.29. The van der Waals surface area contributed by atoms with Gasteiger partial charge in [0.1, 0.15) is 22.8 Å². The average molecular weight is 1070 g/mol. The lowest BCUT2D eigenvalue weighted by atomic mass is 9.56. The van der Waals surface area contributed by atoms with Gasteiger partial charge in [-0.1, -0.05) is 20.9 Å². The summed E-state index contributed by atoms with van der Waals surface area (Å²) in [7, 11) is 0. The van der Waals surface area contributed by atoms with Gasteiger partial charge in [-0.15, -0.1) is 43.9 Å². The Kier molecular flexibility index (Phi) is 18.7. The molecule has 0 aromatic carbocycles. The summed E-state index contributed by atoms with van der Waals surface area (Å²) in [5.74, 6) is 5.40. The molecule has 0 radical (unpaired) electrons. The van der Waals surface area contributed by atoms with Crippen LogP contribution in [0.5, 0.6) is 0 Å². The van der Waals surface area contributed by atoms with Gasteiger partial charge < -0.3 is 37.9 Å². The van der Waals surface area contributed by atoms with Gasteiger partial charge in [-0.05, 0) is 125 Å². The predicted molar refractivity (Wildman–Crippen MR) is 276 cm³/mol. The van der Waals surface area contributed by atoms with Gasteiger partial charge in [-0.25, -0.2) is 18.7 Å². The van der Waals surface area contributed by atoms with Crippen LogP contribution in [0.15, 0.2) is 24.8 Å². The topological polar surface area (TPSA) is 197 Å². The van der Waals surface area contributed by atoms with Crippen LogP contribution in [-0.2, 0) is 90.5 Å². The lowest BCUT2D eigenvalue weighted by Gasteiger charge is -2.57. The smallest absolute Gasteiger partial charge is 0.108 e. The Morgan fingerprint density at radius 1 is 0.351 bits per heavy atom. The number of fused-ring (bicyclic) bond motifs is 8. The summed E-state index contributed by atoms with van der Waals surface area (Å²) in [6.45, 7) is 10.7. The predicted octanol–water partition coefficient (Wildman–Crippen LogP) is 6.22. The molecule has 8 aliphatic carbocycles. The number of rotatable bonds is 4. The summed E-state index contributed by atoms with van der Waals surface area (Å²) in [5, 5.41) is 35.5. The molecular weight excluding hydrogens is 985 g/mol. The van der Waals surface area contributed by atoms with E-state index in [1.165, 1.54) is 77.0 Å². The van der Waals surface area contributed by atoms with Gasteiger partial charge in [0.15, 0.2) is 0 Å². The van der Waals surface area contributed by atoms with Crippen LogP contribution in [0.2, 0.25) is 0 Å². The van der Waals surface area contributed by atoms with Gasteiger partial charge in [0, 0.05) is 33.2 Å². The van der Waals surface area contributed by atoms with E-state index in [2.05, 4.69) is 64.8 Å². The molecule has 13 rings (SSSR count). The molecule has 8 saturated carbocycles. The molecule has 0 saturated heterocycles. The largest absolute Gasteiger partial charge is 0.377 e. The van der Waals surface area contributed by atoms with Crippen LogP contribution in [0.25, 0.3) is 0 Å². The minimum Gasteiger partial charge on any atom is -0.377 e. The second-order valence-corrected chi connectivity index (χ2v) is 26.3. The van der Waals surface area contributed by atoms with E-state index in [9.17, 15) is 0 Å². The van der Waals surface area contributed by atoms with Crippen molar-refractivity contribution in [2.75, 3.05) is 79.3 Å². The standard InChI is InChI=1S/C52H80N12O8S2/c1-7-69-33-45-29-61(57-53-45)3-9-65-13-15-68-12-6-64-32-48(56-60-64)36-72-38-50(74-52-26-42-20-43(27-52)22-44(21-42)28-52)2-8-70-34-46-30-62(58-54-46)4-10-66-14-16-67-11-5-63-31-47(55-59-63)35-71-37-49(1)73-51-23-39-17-40(24-51)19-41(18-39)25-51/h29-32,39-44,49-50H,1-28,33-38H2. The van der Waals surface area contributed by atoms with Crippen molar-refractivity contribution in [3.05, 3.63) is 47.6 Å². The molecule has 22 heteroatoms. The Hall–Kier alpha value is -3.06. The second-order valence-electron chi connectivity index (χ2n) is 22.7. The maximum Gasteiger partial charge on any atom is 0.108 e. The van der Waals surface area contributed by atoms with Crippen molar-refractivity contribution >= 4 is 23.5 Å². The van der Waals surface area contributed by atoms with Crippen LogP contribution in [-0.4, -0.2) is 159 Å². The highest BCUT2D eigenvalue weighted by atomic mass is 32.2. The van der Waals surface area contributed by atoms with Crippen molar-refractivity contribution in [1.29, 1.82) is 0 Å². The Labute approximate surface area is 444 Å². The van der Waals surface area contributed by atoms with Crippen molar-refractivity contribution in [3.63, 3.8) is 0 Å². The summed E-state index contributed by atoms with van der Waals surface area (Å²) in [6, 6.07) is 0. The first-order valence-electron chi connectivity index (χ1n) is 28.0. The van der Waals surface area contributed by atoms with Crippen molar-refractivity contribution in [2.24, 2.45) is 35.5 Å². The summed E-state index contributed by atoms with van der Waals surface area (Å²) in [6.07, 6.45) is 26.4. The second kappa shape index (κ2) is 26.1. The fourth-order valence-corrected chi connectivity index (χ4v) is 18.3. The van der Waals surface area contributed by atoms with E-state index in [1.54, 1.807) is 0 Å². The molecule has 9 aliphatic rings. The molecule has 1 aliphatic heterocycles. The maximum atomic E-state index is 6.39. The molecule has 16 bridgehead atoms. The Morgan fingerprint density at radius 3 is 0.932 bits per heavy atom. The highest BCUT2D eigenvalue weighted by molar-refractivity contribution is 8.01. The third-order valence-corrected chi connectivity index (χ3v) is 19.9. The van der Waals surface area contributed by atoms with E-state index in [1.807, 2.05) is 43.5 Å². The van der Waals surface area contributed by atoms with Gasteiger partial charge in [0.05, 0.1) is 143 Å². The van der Waals surface area contributed by atoms with E-state index in [-0.39, 0.29) is 0 Å². The van der Waals surface area contributed by atoms with Crippen LogP contribution >= 0.6 is 23.5 Å². The molecular formula is C52H80N12O8S2. The highest BCUT2D eigenvalue weighted by Crippen LogP contribution is 2.63. The first kappa shape index (κ1) is 53.0. The van der Waals surface area contributed by atoms with Crippen molar-refractivity contribution in [3.8, 4) is 0 Å². The van der Waals surface area contributed by atoms with Crippen LogP contribution < -0.4 is 0 Å². The molecule has 408 valence electrons.